The first-order valence-electron chi connectivity index (χ1n) is 8.76. The summed E-state index contributed by atoms with van der Waals surface area (Å²) in [5.41, 5.74) is -1.55. The molecule has 0 atom stereocenters. The Labute approximate surface area is 170 Å². The Hall–Kier alpha value is -2.15. The quantitative estimate of drug-likeness (QED) is 0.438. The van der Waals surface area contributed by atoms with E-state index < -0.39 is 23.5 Å². The molecule has 0 aromatic heterocycles. The van der Waals surface area contributed by atoms with Gasteiger partial charge in [-0.05, 0) is 51.0 Å². The Bertz CT molecular complexity index is 872. The van der Waals surface area contributed by atoms with Crippen molar-refractivity contribution in [2.45, 2.75) is 49.8 Å². The van der Waals surface area contributed by atoms with Gasteiger partial charge in [0.1, 0.15) is 0 Å². The Morgan fingerprint density at radius 1 is 0.655 bits per heavy atom. The average Bonchev–Trinajstić information content (AvgIpc) is 2.57. The minimum absolute atomic E-state index is 0.0504. The molecule has 0 aliphatic heterocycles. The number of aryl methyl sites for hydroxylation is 2. The van der Waals surface area contributed by atoms with Crippen molar-refractivity contribution in [2.24, 2.45) is 0 Å². The molecule has 2 aromatic carbocycles. The molecule has 0 fully saturated rings. The Morgan fingerprint density at radius 2 is 1.00 bits per heavy atom. The second-order valence-corrected chi connectivity index (χ2v) is 7.52. The monoisotopic (exact) mass is 430 g/mol. The van der Waals surface area contributed by atoms with Crippen molar-refractivity contribution in [3.8, 4) is 0 Å². The largest absolute Gasteiger partial charge is 0.417 e. The van der Waals surface area contributed by atoms with E-state index in [4.69, 9.17) is 0 Å². The van der Waals surface area contributed by atoms with Crippen molar-refractivity contribution in [3.63, 3.8) is 0 Å². The maximum absolute atomic E-state index is 13.6. The van der Waals surface area contributed by atoms with Crippen molar-refractivity contribution >= 4 is 23.9 Å². The molecule has 0 aliphatic rings. The Kier molecular flexibility index (Phi) is 6.93. The zero-order valence-electron chi connectivity index (χ0n) is 16.3. The molecule has 0 saturated heterocycles. The molecular weight excluding hydrogens is 410 g/mol. The molecule has 0 spiro atoms. The van der Waals surface area contributed by atoms with E-state index in [0.717, 1.165) is 11.8 Å². The predicted molar refractivity (Wildman–Crippen MR) is 106 cm³/mol. The van der Waals surface area contributed by atoms with E-state index in [2.05, 4.69) is 0 Å². The molecule has 2 aromatic rings. The van der Waals surface area contributed by atoms with Gasteiger partial charge >= 0.3 is 12.4 Å². The SMILES string of the molecule is CC=Cc1c(Sc2ccc(C)c(C(F)(F)F)c2C=CC)ccc(C)c1C(F)(F)F. The lowest BCUT2D eigenvalue weighted by Crippen LogP contribution is -2.11. The zero-order valence-corrected chi connectivity index (χ0v) is 17.1. The first kappa shape index (κ1) is 23.1. The fraction of sp³-hybridized carbons (Fsp3) is 0.273. The zero-order chi connectivity index (χ0) is 22.0. The van der Waals surface area contributed by atoms with E-state index in [1.54, 1.807) is 13.8 Å². The van der Waals surface area contributed by atoms with Gasteiger partial charge < -0.3 is 0 Å². The van der Waals surface area contributed by atoms with Crippen LogP contribution in [0, 0.1) is 13.8 Å². The molecule has 29 heavy (non-hydrogen) atoms. The molecule has 0 nitrogen and oxygen atoms in total. The molecule has 156 valence electrons. The van der Waals surface area contributed by atoms with Crippen molar-refractivity contribution in [2.75, 3.05) is 0 Å². The van der Waals surface area contributed by atoms with Gasteiger partial charge in [0.25, 0.3) is 0 Å². The molecule has 7 heteroatoms. The molecule has 0 N–H and O–H groups in total. The molecule has 0 unspecified atom stereocenters. The summed E-state index contributed by atoms with van der Waals surface area (Å²) < 4.78 is 81.7. The van der Waals surface area contributed by atoms with Gasteiger partial charge in [-0.3, -0.25) is 0 Å². The predicted octanol–water partition coefficient (Wildman–Crippen LogP) is 8.56. The van der Waals surface area contributed by atoms with Crippen molar-refractivity contribution < 1.29 is 26.3 Å². The summed E-state index contributed by atoms with van der Waals surface area (Å²) >= 11 is 0.896. The van der Waals surface area contributed by atoms with Crippen LogP contribution in [0.3, 0.4) is 0 Å². The molecule has 2 rings (SSSR count). The summed E-state index contributed by atoms with van der Waals surface area (Å²) in [4.78, 5) is 0.479. The van der Waals surface area contributed by atoms with Crippen LogP contribution in [0.2, 0.25) is 0 Å². The van der Waals surface area contributed by atoms with Crippen LogP contribution in [0.4, 0.5) is 26.3 Å². The van der Waals surface area contributed by atoms with Gasteiger partial charge in [-0.15, -0.1) is 0 Å². The third-order valence-electron chi connectivity index (χ3n) is 4.28. The molecule has 0 heterocycles. The molecule has 0 bridgehead atoms. The van der Waals surface area contributed by atoms with Crippen molar-refractivity contribution in [1.29, 1.82) is 0 Å². The van der Waals surface area contributed by atoms with Crippen LogP contribution in [-0.4, -0.2) is 0 Å². The number of alkyl halides is 6. The number of benzene rings is 2. The van der Waals surface area contributed by atoms with Gasteiger partial charge in [-0.2, -0.15) is 26.3 Å². The molecular formula is C22H20F6S. The Balaban J connectivity index is 2.76. The third kappa shape index (κ3) is 5.07. The lowest BCUT2D eigenvalue weighted by molar-refractivity contribution is -0.139. The van der Waals surface area contributed by atoms with E-state index >= 15 is 0 Å². The van der Waals surface area contributed by atoms with Gasteiger partial charge in [-0.1, -0.05) is 48.2 Å². The molecule has 0 saturated carbocycles. The van der Waals surface area contributed by atoms with Crippen molar-refractivity contribution in [3.05, 3.63) is 69.8 Å². The lowest BCUT2D eigenvalue weighted by atomic mass is 10.0. The average molecular weight is 430 g/mol. The fourth-order valence-electron chi connectivity index (χ4n) is 3.13. The highest BCUT2D eigenvalue weighted by atomic mass is 32.2. The summed E-state index contributed by atoms with van der Waals surface area (Å²) in [6, 6.07) is 5.70. The highest BCUT2D eigenvalue weighted by Crippen LogP contribution is 2.45. The smallest absolute Gasteiger partial charge is 0.166 e. The first-order chi connectivity index (χ1) is 13.4. The van der Waals surface area contributed by atoms with E-state index in [1.165, 1.54) is 62.4 Å². The van der Waals surface area contributed by atoms with Crippen LogP contribution in [0.5, 0.6) is 0 Å². The van der Waals surface area contributed by atoms with E-state index in [9.17, 15) is 26.3 Å². The van der Waals surface area contributed by atoms with Gasteiger partial charge in [-0.25, -0.2) is 0 Å². The third-order valence-corrected chi connectivity index (χ3v) is 5.43. The fourth-order valence-corrected chi connectivity index (χ4v) is 4.20. The van der Waals surface area contributed by atoms with E-state index in [1.807, 2.05) is 0 Å². The minimum atomic E-state index is -4.58. The van der Waals surface area contributed by atoms with Crippen LogP contribution in [0.1, 0.15) is 47.2 Å². The number of allylic oxidation sites excluding steroid dienone is 2. The molecule has 0 aliphatic carbocycles. The highest BCUT2D eigenvalue weighted by Gasteiger charge is 2.37. The van der Waals surface area contributed by atoms with Gasteiger partial charge in [0.2, 0.25) is 0 Å². The lowest BCUT2D eigenvalue weighted by Gasteiger charge is -2.20. The highest BCUT2D eigenvalue weighted by molar-refractivity contribution is 7.99. The topological polar surface area (TPSA) is 0 Å². The van der Waals surface area contributed by atoms with Crippen LogP contribution in [-0.2, 0) is 12.4 Å². The number of hydrogen-bond donors (Lipinski definition) is 0. The summed E-state index contributed by atoms with van der Waals surface area (Å²) in [6.45, 7) is 5.91. The van der Waals surface area contributed by atoms with Crippen LogP contribution >= 0.6 is 11.8 Å². The molecule has 0 radical (unpaired) electrons. The standard InChI is InChI=1S/C22H20F6S/c1-5-7-15-17(11-9-13(3)19(15)21(23,24)25)29-18-12-10-14(4)20(22(26,27)28)16(18)8-6-2/h5-12H,1-4H3. The number of rotatable bonds is 4. The second-order valence-electron chi connectivity index (χ2n) is 6.44. The Morgan fingerprint density at radius 3 is 1.28 bits per heavy atom. The van der Waals surface area contributed by atoms with Crippen LogP contribution in [0.25, 0.3) is 12.2 Å². The number of hydrogen-bond acceptors (Lipinski definition) is 1. The molecule has 0 amide bonds. The second kappa shape index (κ2) is 8.69. The maximum Gasteiger partial charge on any atom is 0.417 e. The van der Waals surface area contributed by atoms with E-state index in [0.29, 0.717) is 0 Å². The minimum Gasteiger partial charge on any atom is -0.166 e. The summed E-state index contributed by atoms with van der Waals surface area (Å²) in [5, 5.41) is 0. The van der Waals surface area contributed by atoms with Crippen molar-refractivity contribution in [1.82, 2.24) is 0 Å². The summed E-state index contributed by atoms with van der Waals surface area (Å²) in [6.07, 6.45) is -3.51. The first-order valence-corrected chi connectivity index (χ1v) is 9.58. The van der Waals surface area contributed by atoms with Gasteiger partial charge in [0.15, 0.2) is 0 Å². The summed E-state index contributed by atoms with van der Waals surface area (Å²) in [5.74, 6) is 0. The van der Waals surface area contributed by atoms with Crippen LogP contribution < -0.4 is 0 Å². The van der Waals surface area contributed by atoms with Gasteiger partial charge in [0.05, 0.1) is 11.1 Å². The van der Waals surface area contributed by atoms with Gasteiger partial charge in [0, 0.05) is 20.9 Å². The summed E-state index contributed by atoms with van der Waals surface area (Å²) in [7, 11) is 0. The number of halogens is 6. The van der Waals surface area contributed by atoms with E-state index in [-0.39, 0.29) is 32.0 Å². The van der Waals surface area contributed by atoms with Crippen LogP contribution in [0.15, 0.2) is 46.2 Å². The maximum atomic E-state index is 13.6. The normalized spacial score (nSPS) is 13.0.